The third kappa shape index (κ3) is 5.00. The Bertz CT molecular complexity index is 644. The smallest absolute Gasteiger partial charge is 0.293 e. The number of carbonyl (C=O) groups excluding carboxylic acids is 1. The quantitative estimate of drug-likeness (QED) is 0.456. The van der Waals surface area contributed by atoms with Crippen LogP contribution in [0, 0.1) is 10.1 Å². The van der Waals surface area contributed by atoms with E-state index in [4.69, 9.17) is 5.73 Å². The number of hydrogen-bond acceptors (Lipinski definition) is 6. The average Bonchev–Trinajstić information content (AvgIpc) is 2.38. The molecule has 0 saturated heterocycles. The van der Waals surface area contributed by atoms with Gasteiger partial charge in [-0.1, -0.05) is 6.92 Å². The summed E-state index contributed by atoms with van der Waals surface area (Å²) < 4.78 is 25.2. The third-order valence-electron chi connectivity index (χ3n) is 2.53. The van der Waals surface area contributed by atoms with E-state index in [1.807, 2.05) is 0 Å². The number of anilines is 1. The second-order valence-electron chi connectivity index (χ2n) is 4.10. The van der Waals surface area contributed by atoms with Gasteiger partial charge in [0.25, 0.3) is 5.69 Å². The highest BCUT2D eigenvalue weighted by Crippen LogP contribution is 2.25. The summed E-state index contributed by atoms with van der Waals surface area (Å²) in [7, 11) is -3.41. The van der Waals surface area contributed by atoms with Gasteiger partial charge in [-0.15, -0.1) is 0 Å². The van der Waals surface area contributed by atoms with Gasteiger partial charge in [0, 0.05) is 24.7 Å². The van der Waals surface area contributed by atoms with Crippen LogP contribution >= 0.6 is 0 Å². The van der Waals surface area contributed by atoms with E-state index in [1.54, 1.807) is 6.92 Å². The number of nitro groups is 1. The minimum atomic E-state index is -3.41. The number of nitrogens with two attached hydrogens (primary N) is 1. The van der Waals surface area contributed by atoms with E-state index in [1.165, 1.54) is 12.1 Å². The maximum Gasteiger partial charge on any atom is 0.293 e. The van der Waals surface area contributed by atoms with E-state index >= 15 is 0 Å². The predicted octanol–water partition coefficient (Wildman–Crippen LogP) is 0.0449. The van der Waals surface area contributed by atoms with Crippen molar-refractivity contribution >= 4 is 27.3 Å². The molecule has 0 aliphatic heterocycles. The molecule has 0 radical (unpaired) electrons. The standard InChI is InChI=1S/C11H16N4O5S/c1-2-14-21(19,20)6-5-13-9-4-3-8(11(12)16)7-10(9)15(17)18/h3-4,7,13-14H,2,5-6H2,1H3,(H2,12,16). The first kappa shape index (κ1) is 16.9. The van der Waals surface area contributed by atoms with Crippen LogP contribution in [0.5, 0.6) is 0 Å². The summed E-state index contributed by atoms with van der Waals surface area (Å²) in [6.45, 7) is 1.92. The Morgan fingerprint density at radius 2 is 2.10 bits per heavy atom. The van der Waals surface area contributed by atoms with Crippen molar-refractivity contribution in [1.29, 1.82) is 0 Å². The van der Waals surface area contributed by atoms with Gasteiger partial charge in [-0.05, 0) is 12.1 Å². The Balaban J connectivity index is 2.84. The van der Waals surface area contributed by atoms with Gasteiger partial charge < -0.3 is 11.1 Å². The van der Waals surface area contributed by atoms with E-state index in [9.17, 15) is 23.3 Å². The summed E-state index contributed by atoms with van der Waals surface area (Å²) in [4.78, 5) is 21.3. The summed E-state index contributed by atoms with van der Waals surface area (Å²) in [6, 6.07) is 3.69. The van der Waals surface area contributed by atoms with Crippen molar-refractivity contribution in [3.8, 4) is 0 Å². The van der Waals surface area contributed by atoms with Crippen molar-refractivity contribution in [3.05, 3.63) is 33.9 Å². The van der Waals surface area contributed by atoms with Crippen molar-refractivity contribution in [1.82, 2.24) is 4.72 Å². The van der Waals surface area contributed by atoms with E-state index in [0.29, 0.717) is 0 Å². The number of nitro benzene ring substituents is 1. The van der Waals surface area contributed by atoms with Gasteiger partial charge in [-0.2, -0.15) is 0 Å². The van der Waals surface area contributed by atoms with Crippen LogP contribution in [-0.2, 0) is 10.0 Å². The molecule has 0 atom stereocenters. The monoisotopic (exact) mass is 316 g/mol. The summed E-state index contributed by atoms with van der Waals surface area (Å²) in [5.41, 5.74) is 4.84. The van der Waals surface area contributed by atoms with Gasteiger partial charge in [-0.25, -0.2) is 13.1 Å². The number of carbonyl (C=O) groups is 1. The van der Waals surface area contributed by atoms with E-state index < -0.39 is 20.9 Å². The summed E-state index contributed by atoms with van der Waals surface area (Å²) >= 11 is 0. The van der Waals surface area contributed by atoms with Gasteiger partial charge in [0.1, 0.15) is 5.69 Å². The first-order valence-electron chi connectivity index (χ1n) is 6.06. The Labute approximate surface area is 121 Å². The third-order valence-corrected chi connectivity index (χ3v) is 4.00. The maximum atomic E-state index is 11.4. The molecule has 1 aromatic carbocycles. The highest BCUT2D eigenvalue weighted by molar-refractivity contribution is 7.89. The van der Waals surface area contributed by atoms with Crippen LogP contribution < -0.4 is 15.8 Å². The Kier molecular flexibility index (Phi) is 5.61. The molecular formula is C11H16N4O5S. The lowest BCUT2D eigenvalue weighted by Gasteiger charge is -2.08. The molecule has 0 saturated carbocycles. The molecular weight excluding hydrogens is 300 g/mol. The second-order valence-corrected chi connectivity index (χ2v) is 6.02. The van der Waals surface area contributed by atoms with Gasteiger partial charge in [0.2, 0.25) is 15.9 Å². The molecule has 4 N–H and O–H groups in total. The lowest BCUT2D eigenvalue weighted by Crippen LogP contribution is -2.29. The van der Waals surface area contributed by atoms with Crippen molar-refractivity contribution < 1.29 is 18.1 Å². The molecule has 9 nitrogen and oxygen atoms in total. The lowest BCUT2D eigenvalue weighted by molar-refractivity contribution is -0.384. The van der Waals surface area contributed by atoms with E-state index in [-0.39, 0.29) is 35.8 Å². The van der Waals surface area contributed by atoms with Crippen LogP contribution in [0.4, 0.5) is 11.4 Å². The maximum absolute atomic E-state index is 11.4. The van der Waals surface area contributed by atoms with Crippen LogP contribution in [0.3, 0.4) is 0 Å². The molecule has 0 heterocycles. The molecule has 0 bridgehead atoms. The Morgan fingerprint density at radius 3 is 2.62 bits per heavy atom. The van der Waals surface area contributed by atoms with Crippen molar-refractivity contribution in [2.24, 2.45) is 5.73 Å². The minimum absolute atomic E-state index is 0.00696. The van der Waals surface area contributed by atoms with Gasteiger partial charge in [0.15, 0.2) is 0 Å². The largest absolute Gasteiger partial charge is 0.378 e. The molecule has 116 valence electrons. The van der Waals surface area contributed by atoms with Gasteiger partial charge >= 0.3 is 0 Å². The molecule has 0 unspecified atom stereocenters. The van der Waals surface area contributed by atoms with Crippen LogP contribution in [0.1, 0.15) is 17.3 Å². The summed E-state index contributed by atoms with van der Waals surface area (Å²) in [6.07, 6.45) is 0. The molecule has 1 aromatic rings. The highest BCUT2D eigenvalue weighted by atomic mass is 32.2. The number of benzene rings is 1. The number of hydrogen-bond donors (Lipinski definition) is 3. The average molecular weight is 316 g/mol. The molecule has 0 spiro atoms. The Hall–Kier alpha value is -2.20. The number of sulfonamides is 1. The fourth-order valence-electron chi connectivity index (χ4n) is 1.60. The molecule has 1 amide bonds. The lowest BCUT2D eigenvalue weighted by atomic mass is 10.1. The number of nitrogens with one attached hydrogen (secondary N) is 2. The fraction of sp³-hybridized carbons (Fsp3) is 0.364. The summed E-state index contributed by atoms with van der Waals surface area (Å²) in [5.74, 6) is -1.00. The normalized spacial score (nSPS) is 11.1. The Morgan fingerprint density at radius 1 is 1.43 bits per heavy atom. The molecule has 21 heavy (non-hydrogen) atoms. The van der Waals surface area contributed by atoms with Crippen molar-refractivity contribution in [2.45, 2.75) is 6.92 Å². The first-order chi connectivity index (χ1) is 9.76. The fourth-order valence-corrected chi connectivity index (χ4v) is 2.55. The van der Waals surface area contributed by atoms with Crippen molar-refractivity contribution in [2.75, 3.05) is 24.2 Å². The van der Waals surface area contributed by atoms with Crippen LogP contribution in [0.25, 0.3) is 0 Å². The zero-order chi connectivity index (χ0) is 16.0. The van der Waals surface area contributed by atoms with Crippen LogP contribution in [-0.4, -0.2) is 38.1 Å². The molecule has 0 aliphatic carbocycles. The van der Waals surface area contributed by atoms with E-state index in [2.05, 4.69) is 10.0 Å². The minimum Gasteiger partial charge on any atom is -0.378 e. The van der Waals surface area contributed by atoms with Crippen molar-refractivity contribution in [3.63, 3.8) is 0 Å². The number of rotatable bonds is 8. The molecule has 10 heteroatoms. The summed E-state index contributed by atoms with van der Waals surface area (Å²) in [5, 5.41) is 13.6. The number of primary amides is 1. The zero-order valence-corrected chi connectivity index (χ0v) is 12.1. The topological polar surface area (TPSA) is 144 Å². The van der Waals surface area contributed by atoms with Gasteiger partial charge in [0.05, 0.1) is 10.7 Å². The molecule has 0 aromatic heterocycles. The SMILES string of the molecule is CCNS(=O)(=O)CCNc1ccc(C(N)=O)cc1[N+](=O)[O-]. The predicted molar refractivity (Wildman–Crippen MR) is 77.6 cm³/mol. The molecule has 0 fully saturated rings. The van der Waals surface area contributed by atoms with Gasteiger partial charge in [-0.3, -0.25) is 14.9 Å². The first-order valence-corrected chi connectivity index (χ1v) is 7.71. The van der Waals surface area contributed by atoms with E-state index in [0.717, 1.165) is 6.07 Å². The molecule has 1 rings (SSSR count). The number of amides is 1. The molecule has 0 aliphatic rings. The second kappa shape index (κ2) is 6.99. The van der Waals surface area contributed by atoms with Crippen LogP contribution in [0.2, 0.25) is 0 Å². The number of nitrogens with zero attached hydrogens (tertiary/aromatic N) is 1. The zero-order valence-electron chi connectivity index (χ0n) is 11.3. The van der Waals surface area contributed by atoms with Crippen LogP contribution in [0.15, 0.2) is 18.2 Å². The highest BCUT2D eigenvalue weighted by Gasteiger charge is 2.17.